The topological polar surface area (TPSA) is 62.5 Å². The third-order valence-electron chi connectivity index (χ3n) is 7.07. The Morgan fingerprint density at radius 1 is 1.05 bits per heavy atom. The van der Waals surface area contributed by atoms with Crippen molar-refractivity contribution < 1.29 is 23.1 Å². The average molecular weight is 553 g/mol. The lowest BCUT2D eigenvalue weighted by atomic mass is 9.88. The second kappa shape index (κ2) is 10.5. The number of rotatable bonds is 6. The van der Waals surface area contributed by atoms with Crippen LogP contribution >= 0.6 is 11.9 Å². The summed E-state index contributed by atoms with van der Waals surface area (Å²) in [5.74, 6) is -1.16. The van der Waals surface area contributed by atoms with E-state index in [9.17, 15) is 27.9 Å². The fourth-order valence-electron chi connectivity index (χ4n) is 5.33. The monoisotopic (exact) mass is 552 g/mol. The van der Waals surface area contributed by atoms with Gasteiger partial charge in [0.2, 0.25) is 0 Å². The van der Waals surface area contributed by atoms with Crippen LogP contribution < -0.4 is 5.56 Å². The Labute approximate surface area is 228 Å². The first-order chi connectivity index (χ1) is 18.6. The summed E-state index contributed by atoms with van der Waals surface area (Å²) in [5.41, 5.74) is 1.58. The van der Waals surface area contributed by atoms with Gasteiger partial charge in [-0.25, -0.2) is 9.10 Å². The number of carboxylic acids is 1. The minimum absolute atomic E-state index is 0.0865. The molecule has 3 aromatic carbocycles. The van der Waals surface area contributed by atoms with Crippen LogP contribution in [0.15, 0.2) is 76.6 Å². The van der Waals surface area contributed by atoms with E-state index in [0.29, 0.717) is 46.5 Å². The Bertz CT molecular complexity index is 1630. The maximum absolute atomic E-state index is 14.0. The molecular weight excluding hydrogens is 525 g/mol. The summed E-state index contributed by atoms with van der Waals surface area (Å²) in [4.78, 5) is 26.3. The van der Waals surface area contributed by atoms with Gasteiger partial charge in [0.05, 0.1) is 5.56 Å². The van der Waals surface area contributed by atoms with Crippen LogP contribution in [0.2, 0.25) is 0 Å². The van der Waals surface area contributed by atoms with Gasteiger partial charge in [-0.1, -0.05) is 67.9 Å². The molecule has 0 aliphatic carbocycles. The maximum atomic E-state index is 14.0. The molecule has 1 N–H and O–H groups in total. The van der Waals surface area contributed by atoms with E-state index in [-0.39, 0.29) is 6.54 Å². The minimum atomic E-state index is -4.56. The number of alkyl halides is 3. The molecule has 1 aromatic heterocycles. The lowest BCUT2D eigenvalue weighted by molar-refractivity contribution is -0.141. The smallest absolute Gasteiger partial charge is 0.416 e. The summed E-state index contributed by atoms with van der Waals surface area (Å²) in [6.07, 6.45) is -3.26. The quantitative estimate of drug-likeness (QED) is 0.266. The van der Waals surface area contributed by atoms with Gasteiger partial charge in [0.1, 0.15) is 11.1 Å². The van der Waals surface area contributed by atoms with Gasteiger partial charge in [-0.15, -0.1) is 0 Å². The lowest BCUT2D eigenvalue weighted by Gasteiger charge is -2.34. The molecule has 1 aliphatic rings. The van der Waals surface area contributed by atoms with Gasteiger partial charge in [0.15, 0.2) is 0 Å². The Morgan fingerprint density at radius 3 is 2.49 bits per heavy atom. The predicted octanol–water partition coefficient (Wildman–Crippen LogP) is 6.81. The van der Waals surface area contributed by atoms with Crippen LogP contribution in [0.1, 0.15) is 41.6 Å². The average Bonchev–Trinajstić information content (AvgIpc) is 2.90. The molecule has 0 amide bonds. The van der Waals surface area contributed by atoms with Gasteiger partial charge in [-0.05, 0) is 71.4 Å². The van der Waals surface area contributed by atoms with E-state index in [2.05, 4.69) is 0 Å². The number of fused-ring (bicyclic) bond motifs is 2. The molecule has 1 aliphatic heterocycles. The van der Waals surface area contributed by atoms with Crippen molar-refractivity contribution in [3.05, 3.63) is 99.3 Å². The van der Waals surface area contributed by atoms with Crippen molar-refractivity contribution in [1.29, 1.82) is 0 Å². The lowest BCUT2D eigenvalue weighted by Crippen LogP contribution is -2.42. The zero-order valence-corrected chi connectivity index (χ0v) is 22.3. The number of aromatic nitrogens is 1. The van der Waals surface area contributed by atoms with E-state index in [4.69, 9.17) is 0 Å². The third-order valence-corrected chi connectivity index (χ3v) is 8.11. The van der Waals surface area contributed by atoms with Gasteiger partial charge in [0, 0.05) is 17.7 Å². The molecule has 0 bridgehead atoms. The van der Waals surface area contributed by atoms with Crippen LogP contribution in [-0.4, -0.2) is 33.5 Å². The van der Waals surface area contributed by atoms with Crippen LogP contribution in [0.5, 0.6) is 0 Å². The molecule has 0 radical (unpaired) electrons. The second-order valence-electron chi connectivity index (χ2n) is 9.71. The van der Waals surface area contributed by atoms with E-state index < -0.39 is 29.3 Å². The molecule has 202 valence electrons. The number of carbonyl (C=O) groups is 1. The van der Waals surface area contributed by atoms with Crippen LogP contribution in [-0.2, 0) is 23.8 Å². The highest BCUT2D eigenvalue weighted by Crippen LogP contribution is 2.43. The van der Waals surface area contributed by atoms with Gasteiger partial charge < -0.3 is 5.11 Å². The maximum Gasteiger partial charge on any atom is 0.416 e. The van der Waals surface area contributed by atoms with Gasteiger partial charge in [-0.2, -0.15) is 13.2 Å². The van der Waals surface area contributed by atoms with Gasteiger partial charge in [0.25, 0.3) is 5.56 Å². The first-order valence-corrected chi connectivity index (χ1v) is 13.4. The predicted molar refractivity (Wildman–Crippen MR) is 147 cm³/mol. The number of pyridine rings is 1. The van der Waals surface area contributed by atoms with E-state index in [0.717, 1.165) is 28.5 Å². The van der Waals surface area contributed by atoms with Gasteiger partial charge >= 0.3 is 12.1 Å². The number of likely N-dealkylation sites (N-methyl/N-ethyl adjacent to an activating group) is 1. The molecule has 0 fully saturated rings. The van der Waals surface area contributed by atoms with Crippen molar-refractivity contribution in [2.24, 2.45) is 0 Å². The largest absolute Gasteiger partial charge is 0.480 e. The summed E-state index contributed by atoms with van der Waals surface area (Å²) in [5, 5.41) is 12.4. The number of aliphatic carboxylic acids is 1. The van der Waals surface area contributed by atoms with Crippen LogP contribution in [0.4, 0.5) is 13.2 Å². The molecule has 39 heavy (non-hydrogen) atoms. The summed E-state index contributed by atoms with van der Waals surface area (Å²) in [6.45, 7) is 2.01. The molecule has 4 aromatic rings. The van der Waals surface area contributed by atoms with E-state index in [1.807, 2.05) is 49.4 Å². The highest BCUT2D eigenvalue weighted by Gasteiger charge is 2.36. The number of carboxylic acid groups (broad SMARTS) is 1. The van der Waals surface area contributed by atoms with E-state index in [1.165, 1.54) is 22.6 Å². The van der Waals surface area contributed by atoms with Crippen LogP contribution in [0, 0.1) is 0 Å². The number of hydrogen-bond donors (Lipinski definition) is 1. The SMILES string of the molecule is CCCc1c(Cc2cccc3ccccc23)c(-c2cccc(C(F)(F)F)c2)c2n(c1=O)C(C(=O)O)CN(C)S2. The van der Waals surface area contributed by atoms with Crippen molar-refractivity contribution in [3.63, 3.8) is 0 Å². The van der Waals surface area contributed by atoms with Crippen molar-refractivity contribution in [2.75, 3.05) is 13.6 Å². The Morgan fingerprint density at radius 2 is 1.77 bits per heavy atom. The normalized spacial score (nSPS) is 15.9. The highest BCUT2D eigenvalue weighted by atomic mass is 32.2. The van der Waals surface area contributed by atoms with Crippen molar-refractivity contribution in [2.45, 2.75) is 43.4 Å². The Hall–Kier alpha value is -3.56. The standard InChI is InChI=1S/C30H27F3N2O3S/c1-3-8-23-24(16-19-11-6-10-18-9-4-5-14-22(18)19)26(20-12-7-13-21(15-20)30(31,32)33)28-35(27(23)36)25(29(37)38)17-34(2)39-28/h4-7,9-15,25H,3,8,16-17H2,1-2H3,(H,37,38). The van der Waals surface area contributed by atoms with Crippen LogP contribution in [0.3, 0.4) is 0 Å². The molecule has 9 heteroatoms. The zero-order chi connectivity index (χ0) is 27.9. The molecule has 0 saturated heterocycles. The zero-order valence-electron chi connectivity index (χ0n) is 21.5. The summed E-state index contributed by atoms with van der Waals surface area (Å²) >= 11 is 1.19. The highest BCUT2D eigenvalue weighted by molar-refractivity contribution is 7.97. The fraction of sp³-hybridized carbons (Fsp3) is 0.267. The van der Waals surface area contributed by atoms with Crippen molar-refractivity contribution in [1.82, 2.24) is 8.87 Å². The molecule has 1 atom stereocenters. The van der Waals surface area contributed by atoms with Crippen molar-refractivity contribution in [3.8, 4) is 11.1 Å². The first kappa shape index (κ1) is 27.0. The molecule has 1 unspecified atom stereocenters. The van der Waals surface area contributed by atoms with Crippen LogP contribution in [0.25, 0.3) is 21.9 Å². The van der Waals surface area contributed by atoms with E-state index >= 15 is 0 Å². The molecule has 2 heterocycles. The first-order valence-electron chi connectivity index (χ1n) is 12.7. The Balaban J connectivity index is 1.88. The Kier molecular flexibility index (Phi) is 7.31. The molecule has 0 saturated carbocycles. The van der Waals surface area contributed by atoms with Crippen molar-refractivity contribution >= 4 is 28.7 Å². The number of hydrogen-bond acceptors (Lipinski definition) is 4. The summed E-state index contributed by atoms with van der Waals surface area (Å²) < 4.78 is 44.4. The molecule has 5 nitrogen and oxygen atoms in total. The fourth-order valence-corrected chi connectivity index (χ4v) is 6.47. The number of benzene rings is 3. The molecular formula is C30H27F3N2O3S. The summed E-state index contributed by atoms with van der Waals surface area (Å²) in [7, 11) is 1.72. The number of halogens is 3. The minimum Gasteiger partial charge on any atom is -0.480 e. The second-order valence-corrected chi connectivity index (χ2v) is 10.9. The third kappa shape index (κ3) is 5.08. The summed E-state index contributed by atoms with van der Waals surface area (Å²) in [6, 6.07) is 17.6. The molecule has 5 rings (SSSR count). The number of nitrogens with zero attached hydrogens (tertiary/aromatic N) is 2. The molecule has 0 spiro atoms. The van der Waals surface area contributed by atoms with E-state index in [1.54, 1.807) is 17.4 Å². The van der Waals surface area contributed by atoms with Gasteiger partial charge in [-0.3, -0.25) is 9.36 Å².